The highest BCUT2D eigenvalue weighted by molar-refractivity contribution is 5.96. The Bertz CT molecular complexity index is 2100. The van der Waals surface area contributed by atoms with Crippen LogP contribution in [0, 0.1) is 11.3 Å². The fourth-order valence-corrected chi connectivity index (χ4v) is 8.17. The minimum Gasteiger partial charge on any atom is -0.310 e. The molecule has 0 radical (unpaired) electrons. The average molecular weight is 621 g/mol. The number of fused-ring (bicyclic) bond motifs is 10. The Morgan fingerprint density at radius 3 is 1.48 bits per heavy atom. The molecule has 0 aliphatic heterocycles. The number of nitrogens with zero attached hydrogens (tertiary/aromatic N) is 2. The number of rotatable bonds is 9. The zero-order valence-corrected chi connectivity index (χ0v) is 27.8. The maximum Gasteiger partial charge on any atom is 0.0991 e. The zero-order valence-electron chi connectivity index (χ0n) is 27.8. The van der Waals surface area contributed by atoms with Crippen LogP contribution >= 0.6 is 0 Å². The Hall–Kier alpha value is -5.39. The van der Waals surface area contributed by atoms with Gasteiger partial charge in [0.1, 0.15) is 0 Å². The molecule has 8 rings (SSSR count). The number of hydrogen-bond acceptors (Lipinski definition) is 2. The van der Waals surface area contributed by atoms with Gasteiger partial charge < -0.3 is 4.90 Å². The van der Waals surface area contributed by atoms with Crippen LogP contribution in [-0.2, 0) is 18.3 Å². The van der Waals surface area contributed by atoms with Gasteiger partial charge >= 0.3 is 0 Å². The molecule has 234 valence electrons. The van der Waals surface area contributed by atoms with Crippen molar-refractivity contribution >= 4 is 17.1 Å². The Labute approximate surface area is 285 Å². The summed E-state index contributed by atoms with van der Waals surface area (Å²) >= 11 is 0. The second kappa shape index (κ2) is 12.3. The molecule has 0 saturated heterocycles. The molecule has 0 aromatic heterocycles. The first-order chi connectivity index (χ1) is 23.7. The Balaban J connectivity index is 1.35. The number of nitriles is 1. The summed E-state index contributed by atoms with van der Waals surface area (Å²) in [6.45, 7) is 4.50. The largest absolute Gasteiger partial charge is 0.310 e. The van der Waals surface area contributed by atoms with E-state index in [9.17, 15) is 5.26 Å². The van der Waals surface area contributed by atoms with E-state index in [2.05, 4.69) is 152 Å². The van der Waals surface area contributed by atoms with Gasteiger partial charge in [0, 0.05) is 17.1 Å². The molecular weight excluding hydrogens is 581 g/mol. The lowest BCUT2D eigenvalue weighted by Crippen LogP contribution is -2.26. The van der Waals surface area contributed by atoms with Crippen molar-refractivity contribution in [3.8, 4) is 28.3 Å². The third kappa shape index (κ3) is 4.69. The summed E-state index contributed by atoms with van der Waals surface area (Å²) < 4.78 is 0. The maximum absolute atomic E-state index is 10.1. The van der Waals surface area contributed by atoms with E-state index >= 15 is 0 Å². The van der Waals surface area contributed by atoms with E-state index < -0.39 is 5.41 Å². The van der Waals surface area contributed by atoms with Crippen molar-refractivity contribution < 1.29 is 0 Å². The van der Waals surface area contributed by atoms with Gasteiger partial charge in [-0.15, -0.1) is 0 Å². The number of benzene rings is 6. The van der Waals surface area contributed by atoms with Gasteiger partial charge in [-0.2, -0.15) is 5.26 Å². The first-order valence-electron chi connectivity index (χ1n) is 17.5. The molecule has 2 aliphatic rings. The number of anilines is 3. The van der Waals surface area contributed by atoms with Crippen molar-refractivity contribution in [2.24, 2.45) is 0 Å². The molecule has 0 bridgehead atoms. The standard InChI is InChI=1S/C46H40N2/c1-3-5-11-32-17-22-35(23-18-32)48(36-24-19-33(20-25-36)12-6-4-2)37-26-28-41-39-14-8-10-16-43(39)46(45(41)30-37)42-15-9-7-13-38(42)40-27-21-34(31-47)29-44(40)46/h7-10,13-30H,3-6,11-12H2,1-2H3. The molecule has 0 saturated carbocycles. The summed E-state index contributed by atoms with van der Waals surface area (Å²) in [5, 5.41) is 10.1. The van der Waals surface area contributed by atoms with E-state index in [-0.39, 0.29) is 0 Å². The lowest BCUT2D eigenvalue weighted by atomic mass is 9.70. The molecule has 48 heavy (non-hydrogen) atoms. The molecule has 6 aromatic carbocycles. The summed E-state index contributed by atoms with van der Waals surface area (Å²) in [7, 11) is 0. The van der Waals surface area contributed by atoms with Crippen LogP contribution in [0.5, 0.6) is 0 Å². The first-order valence-corrected chi connectivity index (χ1v) is 17.5. The predicted octanol–water partition coefficient (Wildman–Crippen LogP) is 12.1. The normalized spacial score (nSPS) is 15.0. The third-order valence-electron chi connectivity index (χ3n) is 10.5. The van der Waals surface area contributed by atoms with E-state index in [1.165, 1.54) is 81.3 Å². The molecule has 2 aliphatic carbocycles. The van der Waals surface area contributed by atoms with Crippen molar-refractivity contribution in [1.29, 1.82) is 5.26 Å². The minimum absolute atomic E-state index is 0.513. The van der Waals surface area contributed by atoms with Gasteiger partial charge in [0.2, 0.25) is 0 Å². The minimum atomic E-state index is -0.513. The quantitative estimate of drug-likeness (QED) is 0.160. The van der Waals surface area contributed by atoms with Crippen molar-refractivity contribution in [1.82, 2.24) is 0 Å². The first kappa shape index (κ1) is 30.0. The van der Waals surface area contributed by atoms with Gasteiger partial charge in [-0.05, 0) is 130 Å². The topological polar surface area (TPSA) is 27.0 Å². The molecule has 0 heterocycles. The van der Waals surface area contributed by atoms with Gasteiger partial charge in [-0.1, -0.05) is 112 Å². The second-order valence-electron chi connectivity index (χ2n) is 13.3. The highest BCUT2D eigenvalue weighted by atomic mass is 15.1. The predicted molar refractivity (Wildman–Crippen MR) is 199 cm³/mol. The lowest BCUT2D eigenvalue weighted by Gasteiger charge is -2.32. The molecule has 2 heteroatoms. The van der Waals surface area contributed by atoms with Crippen LogP contribution in [0.2, 0.25) is 0 Å². The Morgan fingerprint density at radius 2 is 0.958 bits per heavy atom. The summed E-state index contributed by atoms with van der Waals surface area (Å²) in [4.78, 5) is 2.41. The number of aryl methyl sites for hydroxylation is 2. The maximum atomic E-state index is 10.1. The third-order valence-corrected chi connectivity index (χ3v) is 10.5. The summed E-state index contributed by atoms with van der Waals surface area (Å²) in [5.74, 6) is 0. The SMILES string of the molecule is CCCCc1ccc(N(c2ccc(CCCC)cc2)c2ccc3c(c2)C2(c4ccccc4-c4ccc(C#N)cc42)c2ccccc2-3)cc1. The van der Waals surface area contributed by atoms with Crippen LogP contribution in [-0.4, -0.2) is 0 Å². The van der Waals surface area contributed by atoms with Crippen molar-refractivity contribution in [2.45, 2.75) is 57.8 Å². The van der Waals surface area contributed by atoms with Crippen LogP contribution in [0.4, 0.5) is 17.1 Å². The molecule has 0 N–H and O–H groups in total. The average Bonchev–Trinajstić information content (AvgIpc) is 3.61. The number of hydrogen-bond donors (Lipinski definition) is 0. The van der Waals surface area contributed by atoms with E-state index in [4.69, 9.17) is 0 Å². The number of unbranched alkanes of at least 4 members (excludes halogenated alkanes) is 2. The second-order valence-corrected chi connectivity index (χ2v) is 13.3. The molecule has 2 nitrogen and oxygen atoms in total. The molecule has 1 atom stereocenters. The molecular formula is C46H40N2. The summed E-state index contributed by atoms with van der Waals surface area (Å²) in [6, 6.07) is 51.7. The molecule has 0 fully saturated rings. The van der Waals surface area contributed by atoms with Crippen LogP contribution in [0.25, 0.3) is 22.3 Å². The molecule has 0 amide bonds. The Morgan fingerprint density at radius 1 is 0.500 bits per heavy atom. The smallest absolute Gasteiger partial charge is 0.0991 e. The molecule has 1 unspecified atom stereocenters. The molecule has 6 aromatic rings. The van der Waals surface area contributed by atoms with Gasteiger partial charge in [0.25, 0.3) is 0 Å². The summed E-state index contributed by atoms with van der Waals surface area (Å²) in [6.07, 6.45) is 7.00. The van der Waals surface area contributed by atoms with Gasteiger partial charge in [-0.25, -0.2) is 0 Å². The van der Waals surface area contributed by atoms with E-state index in [1.807, 2.05) is 6.07 Å². The Kier molecular flexibility index (Phi) is 7.70. The fraction of sp³-hybridized carbons (Fsp3) is 0.196. The van der Waals surface area contributed by atoms with Crippen LogP contribution < -0.4 is 4.90 Å². The zero-order chi connectivity index (χ0) is 32.7. The van der Waals surface area contributed by atoms with Gasteiger partial charge in [0.15, 0.2) is 0 Å². The van der Waals surface area contributed by atoms with Crippen LogP contribution in [0.3, 0.4) is 0 Å². The summed E-state index contributed by atoms with van der Waals surface area (Å²) in [5.41, 5.74) is 16.4. The highest BCUT2D eigenvalue weighted by Gasteiger charge is 2.51. The monoisotopic (exact) mass is 620 g/mol. The fourth-order valence-electron chi connectivity index (χ4n) is 8.17. The van der Waals surface area contributed by atoms with E-state index in [0.717, 1.165) is 29.9 Å². The van der Waals surface area contributed by atoms with E-state index in [0.29, 0.717) is 5.56 Å². The van der Waals surface area contributed by atoms with Gasteiger partial charge in [0.05, 0.1) is 17.0 Å². The van der Waals surface area contributed by atoms with Crippen LogP contribution in [0.15, 0.2) is 133 Å². The van der Waals surface area contributed by atoms with Gasteiger partial charge in [-0.3, -0.25) is 0 Å². The van der Waals surface area contributed by atoms with Crippen LogP contribution in [0.1, 0.15) is 78.5 Å². The van der Waals surface area contributed by atoms with E-state index in [1.54, 1.807) is 0 Å². The molecule has 1 spiro atoms. The highest BCUT2D eigenvalue weighted by Crippen LogP contribution is 2.63. The van der Waals surface area contributed by atoms with Crippen molar-refractivity contribution in [2.75, 3.05) is 4.90 Å². The lowest BCUT2D eigenvalue weighted by molar-refractivity contribution is 0.793. The van der Waals surface area contributed by atoms with Crippen molar-refractivity contribution in [3.05, 3.63) is 172 Å². The van der Waals surface area contributed by atoms with Crippen molar-refractivity contribution in [3.63, 3.8) is 0 Å².